The molecular formula is C13H12FNO4. The molecule has 0 bridgehead atoms. The Balaban J connectivity index is 2.30. The van der Waals surface area contributed by atoms with Crippen molar-refractivity contribution in [3.8, 4) is 11.8 Å². The summed E-state index contributed by atoms with van der Waals surface area (Å²) in [6.07, 6.45) is 2.09. The van der Waals surface area contributed by atoms with Gasteiger partial charge in [0.15, 0.2) is 0 Å². The van der Waals surface area contributed by atoms with Crippen LogP contribution in [0.2, 0.25) is 0 Å². The molecule has 1 fully saturated rings. The van der Waals surface area contributed by atoms with Gasteiger partial charge in [0.1, 0.15) is 17.5 Å². The Hall–Kier alpha value is -2.29. The maximum Gasteiger partial charge on any atom is 0.318 e. The highest BCUT2D eigenvalue weighted by molar-refractivity contribution is 5.99. The molecule has 2 rings (SSSR count). The van der Waals surface area contributed by atoms with Gasteiger partial charge in [0.25, 0.3) is 0 Å². The Kier molecular flexibility index (Phi) is 3.56. The molecule has 0 aromatic heterocycles. The Morgan fingerprint density at radius 3 is 3.05 bits per heavy atom. The van der Waals surface area contributed by atoms with Crippen LogP contribution in [0.3, 0.4) is 0 Å². The third-order valence-electron chi connectivity index (χ3n) is 3.15. The van der Waals surface area contributed by atoms with Crippen molar-refractivity contribution < 1.29 is 23.8 Å². The van der Waals surface area contributed by atoms with E-state index >= 15 is 0 Å². The first-order valence-corrected chi connectivity index (χ1v) is 5.67. The number of allylic oxidation sites excluding steroid dienone is 3. The van der Waals surface area contributed by atoms with E-state index in [1.165, 1.54) is 7.11 Å². The quantitative estimate of drug-likeness (QED) is 0.432. The number of aliphatic hydroxyl groups excluding tert-OH is 1. The van der Waals surface area contributed by atoms with Crippen LogP contribution >= 0.6 is 0 Å². The lowest BCUT2D eigenvalue weighted by atomic mass is 9.83. The molecule has 3 atom stereocenters. The number of aliphatic hydroxyl groups is 1. The lowest BCUT2D eigenvalue weighted by Gasteiger charge is -2.19. The number of rotatable bonds is 2. The topological polar surface area (TPSA) is 75.6 Å². The van der Waals surface area contributed by atoms with Crippen molar-refractivity contribution >= 4 is 11.9 Å². The molecule has 2 aliphatic rings. The fraction of sp³-hybridized carbons (Fsp3) is 0.385. The first kappa shape index (κ1) is 13.1. The third-order valence-corrected chi connectivity index (χ3v) is 3.15. The van der Waals surface area contributed by atoms with Crippen molar-refractivity contribution in [1.29, 1.82) is 0 Å². The first-order valence-electron chi connectivity index (χ1n) is 5.67. The van der Waals surface area contributed by atoms with Crippen molar-refractivity contribution in [2.75, 3.05) is 13.7 Å². The molecule has 5 nitrogen and oxygen atoms in total. The van der Waals surface area contributed by atoms with Crippen molar-refractivity contribution in [2.24, 2.45) is 17.8 Å². The van der Waals surface area contributed by atoms with Crippen LogP contribution in [0.1, 0.15) is 0 Å². The molecule has 0 radical (unpaired) electrons. The minimum Gasteiger partial charge on any atom is -0.507 e. The molecular weight excluding hydrogens is 253 g/mol. The summed E-state index contributed by atoms with van der Waals surface area (Å²) in [7, 11) is 1.17. The number of carbonyl (C=O) groups excluding carboxylic acids is 2. The van der Waals surface area contributed by atoms with Crippen LogP contribution in [0.4, 0.5) is 4.39 Å². The van der Waals surface area contributed by atoms with Gasteiger partial charge < -0.3 is 15.2 Å². The fourth-order valence-electron chi connectivity index (χ4n) is 2.22. The van der Waals surface area contributed by atoms with Gasteiger partial charge in [-0.2, -0.15) is 0 Å². The predicted molar refractivity (Wildman–Crippen MR) is 63.2 cm³/mol. The molecule has 1 heterocycles. The number of nitrogens with one attached hydrogen (secondary N) is 1. The van der Waals surface area contributed by atoms with E-state index in [1.807, 2.05) is 0 Å². The minimum absolute atomic E-state index is 0.139. The number of carbonyl (C=O) groups is 2. The molecule has 100 valence electrons. The molecule has 0 aromatic rings. The summed E-state index contributed by atoms with van der Waals surface area (Å²) < 4.78 is 18.5. The smallest absolute Gasteiger partial charge is 0.318 e. The van der Waals surface area contributed by atoms with Crippen LogP contribution in [0.5, 0.6) is 0 Å². The second-order valence-electron chi connectivity index (χ2n) is 4.27. The molecule has 1 amide bonds. The Morgan fingerprint density at radius 2 is 2.37 bits per heavy atom. The highest BCUT2D eigenvalue weighted by atomic mass is 19.1. The van der Waals surface area contributed by atoms with Crippen LogP contribution in [0.25, 0.3) is 0 Å². The molecule has 2 N–H and O–H groups in total. The molecule has 19 heavy (non-hydrogen) atoms. The van der Waals surface area contributed by atoms with Crippen LogP contribution in [-0.4, -0.2) is 30.6 Å². The Bertz CT molecular complexity index is 541. The third kappa shape index (κ3) is 2.45. The number of methoxy groups -OCH3 is 1. The van der Waals surface area contributed by atoms with Crippen LogP contribution in [0.15, 0.2) is 23.7 Å². The molecule has 1 aliphatic carbocycles. The molecule has 1 saturated heterocycles. The summed E-state index contributed by atoms with van der Waals surface area (Å²) in [6.45, 7) is 0.139. The average Bonchev–Trinajstić information content (AvgIpc) is 2.66. The summed E-state index contributed by atoms with van der Waals surface area (Å²) >= 11 is 0. The highest BCUT2D eigenvalue weighted by Crippen LogP contribution is 2.33. The summed E-state index contributed by atoms with van der Waals surface area (Å²) in [5, 5.41) is 11.8. The maximum atomic E-state index is 13.9. The lowest BCUT2D eigenvalue weighted by molar-refractivity contribution is -0.150. The van der Waals surface area contributed by atoms with Crippen molar-refractivity contribution in [2.45, 2.75) is 0 Å². The SMILES string of the molecule is COC(=O)[C@@H]1C(=O)NCC1C1C#CC=C(O)C=C1F. The van der Waals surface area contributed by atoms with E-state index < -0.39 is 35.5 Å². The van der Waals surface area contributed by atoms with Gasteiger partial charge in [-0.1, -0.05) is 11.8 Å². The molecule has 0 aromatic carbocycles. The number of ether oxygens (including phenoxy) is 1. The van der Waals surface area contributed by atoms with E-state index in [-0.39, 0.29) is 12.3 Å². The van der Waals surface area contributed by atoms with E-state index in [9.17, 15) is 19.1 Å². The van der Waals surface area contributed by atoms with Gasteiger partial charge in [0, 0.05) is 24.6 Å². The largest absolute Gasteiger partial charge is 0.507 e. The highest BCUT2D eigenvalue weighted by Gasteiger charge is 2.46. The zero-order valence-corrected chi connectivity index (χ0v) is 10.1. The molecule has 0 spiro atoms. The molecule has 2 unspecified atom stereocenters. The summed E-state index contributed by atoms with van der Waals surface area (Å²) in [6, 6.07) is 0. The molecule has 1 aliphatic heterocycles. The van der Waals surface area contributed by atoms with Crippen LogP contribution in [-0.2, 0) is 14.3 Å². The fourth-order valence-corrected chi connectivity index (χ4v) is 2.22. The Labute approximate surface area is 109 Å². The van der Waals surface area contributed by atoms with Crippen LogP contribution in [0, 0.1) is 29.6 Å². The number of esters is 1. The van der Waals surface area contributed by atoms with E-state index in [4.69, 9.17) is 0 Å². The van der Waals surface area contributed by atoms with Gasteiger partial charge in [0.2, 0.25) is 5.91 Å². The average molecular weight is 265 g/mol. The minimum atomic E-state index is -1.08. The number of amides is 1. The van der Waals surface area contributed by atoms with Gasteiger partial charge >= 0.3 is 5.97 Å². The van der Waals surface area contributed by atoms with Crippen LogP contribution < -0.4 is 5.32 Å². The van der Waals surface area contributed by atoms with Gasteiger partial charge in [-0.3, -0.25) is 9.59 Å². The van der Waals surface area contributed by atoms with Crippen molar-refractivity contribution in [1.82, 2.24) is 5.32 Å². The van der Waals surface area contributed by atoms with Gasteiger partial charge in [0.05, 0.1) is 13.0 Å². The first-order chi connectivity index (χ1) is 9.04. The summed E-state index contributed by atoms with van der Waals surface area (Å²) in [4.78, 5) is 23.2. The Morgan fingerprint density at radius 1 is 1.63 bits per heavy atom. The normalized spacial score (nSPS) is 29.4. The zero-order valence-electron chi connectivity index (χ0n) is 10.1. The van der Waals surface area contributed by atoms with Gasteiger partial charge in [-0.15, -0.1) is 0 Å². The van der Waals surface area contributed by atoms with Gasteiger partial charge in [-0.05, 0) is 0 Å². The monoisotopic (exact) mass is 265 g/mol. The van der Waals surface area contributed by atoms with E-state index in [0.29, 0.717) is 0 Å². The van der Waals surface area contributed by atoms with Crippen molar-refractivity contribution in [3.05, 3.63) is 23.7 Å². The number of halogens is 1. The predicted octanol–water partition coefficient (Wildman–Crippen LogP) is 0.450. The summed E-state index contributed by atoms with van der Waals surface area (Å²) in [5.74, 6) is 0.279. The van der Waals surface area contributed by atoms with E-state index in [1.54, 1.807) is 0 Å². The zero-order chi connectivity index (χ0) is 14.0. The van der Waals surface area contributed by atoms with E-state index in [0.717, 1.165) is 12.2 Å². The van der Waals surface area contributed by atoms with E-state index in [2.05, 4.69) is 21.9 Å². The lowest BCUT2D eigenvalue weighted by Crippen LogP contribution is -2.32. The summed E-state index contributed by atoms with van der Waals surface area (Å²) in [5.41, 5.74) is 0. The van der Waals surface area contributed by atoms with Gasteiger partial charge in [-0.25, -0.2) is 4.39 Å². The molecule has 0 saturated carbocycles. The molecule has 6 heteroatoms. The standard InChI is InChI=1S/C13H12FNO4/c1-19-13(18)11-9(6-15-12(11)17)8-4-2-3-7(16)5-10(8)14/h3,5,8-9,11,16H,6H2,1H3,(H,15,17)/t8?,9?,11-/m0/s1. The number of hydrogen-bond acceptors (Lipinski definition) is 4. The second-order valence-corrected chi connectivity index (χ2v) is 4.27. The maximum absolute atomic E-state index is 13.9. The van der Waals surface area contributed by atoms with Crippen molar-refractivity contribution in [3.63, 3.8) is 0 Å². The number of hydrogen-bond donors (Lipinski definition) is 2. The second kappa shape index (κ2) is 5.14.